The predicted molar refractivity (Wildman–Crippen MR) is 110 cm³/mol. The molecule has 0 atom stereocenters. The summed E-state index contributed by atoms with van der Waals surface area (Å²) in [7, 11) is 0. The van der Waals surface area contributed by atoms with Gasteiger partial charge in [-0.25, -0.2) is 9.97 Å². The van der Waals surface area contributed by atoms with Crippen LogP contribution in [0.3, 0.4) is 0 Å². The number of ether oxygens (including phenoxy) is 1. The van der Waals surface area contributed by atoms with E-state index in [0.717, 1.165) is 17.7 Å². The van der Waals surface area contributed by atoms with Crippen molar-refractivity contribution in [3.05, 3.63) is 77.1 Å². The van der Waals surface area contributed by atoms with Crippen molar-refractivity contribution >= 4 is 29.0 Å². The summed E-state index contributed by atoms with van der Waals surface area (Å²) in [6.07, 6.45) is 3.76. The maximum atomic E-state index is 12.6. The minimum absolute atomic E-state index is 0.0292. The fourth-order valence-corrected chi connectivity index (χ4v) is 2.85. The van der Waals surface area contributed by atoms with Crippen molar-refractivity contribution < 1.29 is 23.2 Å². The van der Waals surface area contributed by atoms with Gasteiger partial charge in [0.25, 0.3) is 0 Å². The molecule has 0 amide bonds. The average Bonchev–Trinajstić information content (AvgIpc) is 2.71. The Morgan fingerprint density at radius 2 is 2.00 bits per heavy atom. The number of aromatic nitrogens is 3. The van der Waals surface area contributed by atoms with Gasteiger partial charge in [-0.1, -0.05) is 30.3 Å². The molecule has 2 N–H and O–H groups in total. The van der Waals surface area contributed by atoms with Gasteiger partial charge in [0.15, 0.2) is 0 Å². The molecule has 0 aliphatic heterocycles. The van der Waals surface area contributed by atoms with Crippen LogP contribution >= 0.6 is 23.2 Å². The molecule has 0 aliphatic carbocycles. The largest absolute Gasteiger partial charge is 0.440 e. The molecule has 0 saturated heterocycles. The minimum Gasteiger partial charge on any atom is -0.440 e. The lowest BCUT2D eigenvalue weighted by atomic mass is 10.1. The molecule has 2 aromatic heterocycles. The van der Waals surface area contributed by atoms with Gasteiger partial charge in [-0.05, 0) is 24.6 Å². The molecule has 2 aromatic rings. The summed E-state index contributed by atoms with van der Waals surface area (Å²) in [6.45, 7) is 6.30. The summed E-state index contributed by atoms with van der Waals surface area (Å²) >= 11 is 12.0. The Balaban J connectivity index is 1.87. The zero-order valence-corrected chi connectivity index (χ0v) is 17.6. The molecule has 0 aromatic carbocycles. The summed E-state index contributed by atoms with van der Waals surface area (Å²) in [5.41, 5.74) is 0.737. The van der Waals surface area contributed by atoms with E-state index in [9.17, 15) is 13.2 Å². The molecular formula is C20H20Cl2F3N4O+. The molecule has 10 heteroatoms. The lowest BCUT2D eigenvalue weighted by Gasteiger charge is -2.08. The molecule has 160 valence electrons. The lowest BCUT2D eigenvalue weighted by Crippen LogP contribution is -2.78. The van der Waals surface area contributed by atoms with Crippen LogP contribution in [0.1, 0.15) is 24.6 Å². The monoisotopic (exact) mass is 459 g/mol. The highest BCUT2D eigenvalue weighted by atomic mass is 35.5. The van der Waals surface area contributed by atoms with Gasteiger partial charge in [0, 0.05) is 18.7 Å². The molecule has 0 aliphatic rings. The number of nitrogens with two attached hydrogens (primary N) is 1. The first-order valence-corrected chi connectivity index (χ1v) is 9.77. The van der Waals surface area contributed by atoms with E-state index in [1.807, 2.05) is 24.4 Å². The Morgan fingerprint density at radius 3 is 2.60 bits per heavy atom. The first-order valence-electron chi connectivity index (χ1n) is 8.86. The van der Waals surface area contributed by atoms with Gasteiger partial charge in [-0.2, -0.15) is 18.2 Å². The highest BCUT2D eigenvalue weighted by molar-refractivity contribution is 6.33. The molecule has 2 rings (SSSR count). The first kappa shape index (κ1) is 23.9. The van der Waals surface area contributed by atoms with E-state index < -0.39 is 11.7 Å². The number of pyridine rings is 1. The van der Waals surface area contributed by atoms with E-state index in [-0.39, 0.29) is 17.5 Å². The third kappa shape index (κ3) is 7.12. The van der Waals surface area contributed by atoms with Crippen LogP contribution in [-0.2, 0) is 12.1 Å². The molecule has 2 heterocycles. The smallest absolute Gasteiger partial charge is 0.417 e. The van der Waals surface area contributed by atoms with Crippen molar-refractivity contribution in [1.29, 1.82) is 0 Å². The summed E-state index contributed by atoms with van der Waals surface area (Å²) in [5, 5.41) is 2.34. The van der Waals surface area contributed by atoms with E-state index in [1.54, 1.807) is 6.08 Å². The third-order valence-corrected chi connectivity index (χ3v) is 4.60. The Labute approximate surface area is 182 Å². The quantitative estimate of drug-likeness (QED) is 0.326. The van der Waals surface area contributed by atoms with Gasteiger partial charge < -0.3 is 4.74 Å². The summed E-state index contributed by atoms with van der Waals surface area (Å²) < 4.78 is 43.0. The normalized spacial score (nSPS) is 12.4. The van der Waals surface area contributed by atoms with Crippen LogP contribution in [0.4, 0.5) is 19.0 Å². The number of alkyl halides is 4. The predicted octanol–water partition coefficient (Wildman–Crippen LogP) is 4.96. The summed E-state index contributed by atoms with van der Waals surface area (Å²) in [6, 6.07) is 2.05. The van der Waals surface area contributed by atoms with Crippen LogP contribution in [0.2, 0.25) is 5.02 Å². The van der Waals surface area contributed by atoms with E-state index in [2.05, 4.69) is 21.5 Å². The van der Waals surface area contributed by atoms with E-state index in [4.69, 9.17) is 27.9 Å². The van der Waals surface area contributed by atoms with Crippen LogP contribution in [0.5, 0.6) is 5.88 Å². The van der Waals surface area contributed by atoms with E-state index >= 15 is 0 Å². The fraction of sp³-hybridized carbons (Fsp3) is 0.250. The molecule has 0 bridgehead atoms. The summed E-state index contributed by atoms with van der Waals surface area (Å²) in [5.74, 6) is 1.11. The molecule has 0 fully saturated rings. The molecular weight excluding hydrogens is 440 g/mol. The topological polar surface area (TPSA) is 64.5 Å². The van der Waals surface area contributed by atoms with Gasteiger partial charge in [0.05, 0.1) is 23.7 Å². The van der Waals surface area contributed by atoms with Crippen molar-refractivity contribution in [2.45, 2.75) is 25.4 Å². The highest BCUT2D eigenvalue weighted by Gasteiger charge is 2.30. The Hall–Kier alpha value is -2.42. The van der Waals surface area contributed by atoms with Crippen molar-refractivity contribution in [2.24, 2.45) is 0 Å². The van der Waals surface area contributed by atoms with Gasteiger partial charge in [-0.3, -0.25) is 5.32 Å². The maximum Gasteiger partial charge on any atom is 0.417 e. The van der Waals surface area contributed by atoms with Gasteiger partial charge in [0.2, 0.25) is 11.7 Å². The second-order valence-corrected chi connectivity index (χ2v) is 6.69. The molecule has 0 unspecified atom stereocenters. The fourth-order valence-electron chi connectivity index (χ4n) is 2.33. The van der Waals surface area contributed by atoms with Crippen LogP contribution in [-0.4, -0.2) is 21.5 Å². The van der Waals surface area contributed by atoms with Crippen molar-refractivity contribution in [3.63, 3.8) is 0 Å². The number of nitrogens with zero attached hydrogens (tertiary/aromatic N) is 3. The Kier molecular flexibility index (Phi) is 8.83. The van der Waals surface area contributed by atoms with Crippen molar-refractivity contribution in [2.75, 3.05) is 6.54 Å². The number of hydrogen-bond acceptors (Lipinski definition) is 4. The highest BCUT2D eigenvalue weighted by Crippen LogP contribution is 2.29. The Morgan fingerprint density at radius 1 is 1.23 bits per heavy atom. The first-order chi connectivity index (χ1) is 14.2. The second kappa shape index (κ2) is 11.1. The lowest BCUT2D eigenvalue weighted by molar-refractivity contribution is -0.574. The van der Waals surface area contributed by atoms with Gasteiger partial charge in [0.1, 0.15) is 17.1 Å². The van der Waals surface area contributed by atoms with Gasteiger partial charge >= 0.3 is 6.18 Å². The number of rotatable bonds is 9. The van der Waals surface area contributed by atoms with Crippen LogP contribution in [0.15, 0.2) is 60.8 Å². The SMILES string of the molecule is C=C(C=CC(=CC)CC[NH2+]c1ncnc(CCl)c1Cl)Oc1ccc(C(F)(F)F)cn1. The number of hydrogen-bond donors (Lipinski definition) is 1. The van der Waals surface area contributed by atoms with Crippen LogP contribution in [0.25, 0.3) is 0 Å². The molecule has 5 nitrogen and oxygen atoms in total. The molecule has 0 radical (unpaired) electrons. The third-order valence-electron chi connectivity index (χ3n) is 3.94. The zero-order valence-electron chi connectivity index (χ0n) is 16.1. The number of halogens is 5. The zero-order chi connectivity index (χ0) is 22.1. The molecule has 0 spiro atoms. The van der Waals surface area contributed by atoms with Crippen molar-refractivity contribution in [1.82, 2.24) is 15.0 Å². The number of allylic oxidation sites excluding steroid dienone is 3. The second-order valence-electron chi connectivity index (χ2n) is 6.04. The number of quaternary nitrogens is 1. The minimum atomic E-state index is -4.44. The van der Waals surface area contributed by atoms with Gasteiger partial charge in [-0.15, -0.1) is 11.6 Å². The van der Waals surface area contributed by atoms with Crippen LogP contribution in [0, 0.1) is 0 Å². The molecule has 0 saturated carbocycles. The van der Waals surface area contributed by atoms with Crippen molar-refractivity contribution in [3.8, 4) is 5.88 Å². The standard InChI is InChI=1S/C20H19Cl2F3N4O/c1-3-14(8-9-26-19-18(22)16(10-21)28-12-29-19)5-4-13(2)30-17-7-6-15(11-27-17)20(23,24)25/h3-7,11-12H,2,8-10H2,1H3,(H,26,28,29)/p+1. The summed E-state index contributed by atoms with van der Waals surface area (Å²) in [4.78, 5) is 11.8. The van der Waals surface area contributed by atoms with E-state index in [1.165, 1.54) is 6.33 Å². The van der Waals surface area contributed by atoms with Crippen LogP contribution < -0.4 is 10.1 Å². The molecule has 30 heavy (non-hydrogen) atoms. The maximum absolute atomic E-state index is 12.6. The average molecular weight is 460 g/mol. The van der Waals surface area contributed by atoms with E-state index in [0.29, 0.717) is 35.7 Å². The Bertz CT molecular complexity index is 929.